The molecule has 0 saturated carbocycles. The molecule has 2 aliphatic carbocycles. The minimum absolute atomic E-state index is 0.554. The summed E-state index contributed by atoms with van der Waals surface area (Å²) < 4.78 is 0. The lowest BCUT2D eigenvalue weighted by Gasteiger charge is -2.29. The number of fused-ring (bicyclic) bond motifs is 2. The molecule has 0 amide bonds. The number of allylic oxidation sites excluding steroid dienone is 2. The van der Waals surface area contributed by atoms with E-state index in [0.29, 0.717) is 17.8 Å². The Bertz CT molecular complexity index is 689. The van der Waals surface area contributed by atoms with Crippen LogP contribution in [0.15, 0.2) is 60.7 Å². The van der Waals surface area contributed by atoms with E-state index in [9.17, 15) is 0 Å². The maximum Gasteiger partial charge on any atom is 0.00643 e. The quantitative estimate of drug-likeness (QED) is 0.598. The Labute approximate surface area is 139 Å². The number of unbranched alkanes of at least 4 members (excludes halogenated alkanes) is 1. The molecule has 2 aliphatic rings. The number of hydrogen-bond donors (Lipinski definition) is 0. The largest absolute Gasteiger partial charge is 0.0761 e. The van der Waals surface area contributed by atoms with E-state index < -0.39 is 0 Å². The molecule has 4 rings (SSSR count). The summed E-state index contributed by atoms with van der Waals surface area (Å²) >= 11 is 0. The van der Waals surface area contributed by atoms with Crippen molar-refractivity contribution in [3.63, 3.8) is 0 Å². The van der Waals surface area contributed by atoms with Crippen LogP contribution in [0.1, 0.15) is 60.3 Å². The van der Waals surface area contributed by atoms with Crippen LogP contribution in [0.3, 0.4) is 0 Å². The van der Waals surface area contributed by atoms with Gasteiger partial charge in [-0.05, 0) is 34.6 Å². The van der Waals surface area contributed by atoms with Gasteiger partial charge < -0.3 is 0 Å². The predicted molar refractivity (Wildman–Crippen MR) is 99.4 cm³/mol. The molecule has 116 valence electrons. The molecule has 0 radical (unpaired) electrons. The Morgan fingerprint density at radius 2 is 1.30 bits per heavy atom. The number of benzene rings is 2. The van der Waals surface area contributed by atoms with Crippen LogP contribution in [0.4, 0.5) is 0 Å². The summed E-state index contributed by atoms with van der Waals surface area (Å²) in [4.78, 5) is 0. The molecule has 0 saturated heterocycles. The smallest absolute Gasteiger partial charge is 0.00643 e. The van der Waals surface area contributed by atoms with Gasteiger partial charge in [-0.2, -0.15) is 0 Å². The maximum atomic E-state index is 2.44. The van der Waals surface area contributed by atoms with E-state index >= 15 is 0 Å². The first kappa shape index (κ1) is 14.5. The highest BCUT2D eigenvalue weighted by Crippen LogP contribution is 2.47. The molecule has 23 heavy (non-hydrogen) atoms. The van der Waals surface area contributed by atoms with Gasteiger partial charge >= 0.3 is 0 Å². The normalized spacial score (nSPS) is 22.1. The first-order valence-electron chi connectivity index (χ1n) is 8.92. The first-order valence-corrected chi connectivity index (χ1v) is 8.92. The highest BCUT2D eigenvalue weighted by Gasteiger charge is 2.33. The zero-order chi connectivity index (χ0) is 15.6. The molecule has 0 aromatic heterocycles. The van der Waals surface area contributed by atoms with Gasteiger partial charge in [0.25, 0.3) is 0 Å². The third-order valence-electron chi connectivity index (χ3n) is 5.49. The van der Waals surface area contributed by atoms with Crippen LogP contribution >= 0.6 is 0 Å². The van der Waals surface area contributed by atoms with E-state index in [1.807, 2.05) is 0 Å². The lowest BCUT2D eigenvalue weighted by molar-refractivity contribution is 0.394. The summed E-state index contributed by atoms with van der Waals surface area (Å²) in [7, 11) is 0. The summed E-state index contributed by atoms with van der Waals surface area (Å²) in [5.74, 6) is 1.77. The standard InChI is InChI=1S/C23H24/c1-2-3-10-21(22-15-13-17-8-4-6-11-19(17)22)23-16-14-18-9-5-7-12-20(18)23/h4-9,11-16,21-23H,2-3,10H2,1H3. The Kier molecular flexibility index (Phi) is 3.91. The van der Waals surface area contributed by atoms with Gasteiger partial charge in [0.15, 0.2) is 0 Å². The van der Waals surface area contributed by atoms with Crippen molar-refractivity contribution in [2.75, 3.05) is 0 Å². The highest BCUT2D eigenvalue weighted by molar-refractivity contribution is 5.65. The van der Waals surface area contributed by atoms with Gasteiger partial charge in [-0.25, -0.2) is 0 Å². The molecule has 0 fully saturated rings. The molecule has 2 aromatic carbocycles. The Morgan fingerprint density at radius 3 is 1.83 bits per heavy atom. The van der Waals surface area contributed by atoms with Crippen molar-refractivity contribution in [1.29, 1.82) is 0 Å². The fraction of sp³-hybridized carbons (Fsp3) is 0.304. The van der Waals surface area contributed by atoms with Gasteiger partial charge in [0.2, 0.25) is 0 Å². The van der Waals surface area contributed by atoms with Crippen molar-refractivity contribution in [3.05, 3.63) is 82.9 Å². The van der Waals surface area contributed by atoms with E-state index in [4.69, 9.17) is 0 Å². The molecule has 2 aromatic rings. The molecule has 0 N–H and O–H groups in total. The second-order valence-corrected chi connectivity index (χ2v) is 6.83. The fourth-order valence-corrected chi connectivity index (χ4v) is 4.32. The van der Waals surface area contributed by atoms with Crippen LogP contribution < -0.4 is 0 Å². The Morgan fingerprint density at radius 1 is 0.783 bits per heavy atom. The monoisotopic (exact) mass is 300 g/mol. The van der Waals surface area contributed by atoms with Crippen LogP contribution in [0, 0.1) is 5.92 Å². The van der Waals surface area contributed by atoms with Crippen LogP contribution in [0.25, 0.3) is 12.2 Å². The number of rotatable bonds is 5. The third kappa shape index (κ3) is 2.57. The average Bonchev–Trinajstić information content (AvgIpc) is 3.21. The summed E-state index contributed by atoms with van der Waals surface area (Å²) in [6.07, 6.45) is 13.4. The first-order chi connectivity index (χ1) is 11.4. The fourth-order valence-electron chi connectivity index (χ4n) is 4.32. The van der Waals surface area contributed by atoms with Crippen molar-refractivity contribution < 1.29 is 0 Å². The summed E-state index contributed by atoms with van der Waals surface area (Å²) in [5.41, 5.74) is 5.86. The molecule has 0 heteroatoms. The SMILES string of the molecule is CCCCC(C1C=Cc2ccccc21)C1C=Cc2ccccc21. The molecular weight excluding hydrogens is 276 g/mol. The van der Waals surface area contributed by atoms with Crippen molar-refractivity contribution in [3.8, 4) is 0 Å². The van der Waals surface area contributed by atoms with Gasteiger partial charge in [-0.3, -0.25) is 0 Å². The summed E-state index contributed by atoms with van der Waals surface area (Å²) in [6, 6.07) is 17.8. The van der Waals surface area contributed by atoms with Crippen LogP contribution in [0.2, 0.25) is 0 Å². The van der Waals surface area contributed by atoms with Crippen LogP contribution in [-0.2, 0) is 0 Å². The van der Waals surface area contributed by atoms with E-state index in [1.54, 1.807) is 0 Å². The molecule has 2 unspecified atom stereocenters. The molecule has 0 heterocycles. The molecule has 0 bridgehead atoms. The highest BCUT2D eigenvalue weighted by atomic mass is 14.4. The summed E-state index contributed by atoms with van der Waals surface area (Å²) in [6.45, 7) is 2.30. The number of hydrogen-bond acceptors (Lipinski definition) is 0. The average molecular weight is 300 g/mol. The van der Waals surface area contributed by atoms with Gasteiger partial charge in [0.1, 0.15) is 0 Å². The van der Waals surface area contributed by atoms with Gasteiger partial charge in [-0.15, -0.1) is 0 Å². The zero-order valence-corrected chi connectivity index (χ0v) is 13.8. The molecule has 0 nitrogen and oxygen atoms in total. The molecule has 2 atom stereocenters. The van der Waals surface area contributed by atoms with Crippen molar-refractivity contribution in [2.24, 2.45) is 5.92 Å². The molecular formula is C23H24. The zero-order valence-electron chi connectivity index (χ0n) is 13.8. The molecule has 0 aliphatic heterocycles. The van der Waals surface area contributed by atoms with Crippen molar-refractivity contribution in [2.45, 2.75) is 38.0 Å². The van der Waals surface area contributed by atoms with E-state index in [0.717, 1.165) is 0 Å². The second kappa shape index (κ2) is 6.20. The second-order valence-electron chi connectivity index (χ2n) is 6.83. The minimum Gasteiger partial charge on any atom is -0.0761 e. The Balaban J connectivity index is 1.70. The lowest BCUT2D eigenvalue weighted by atomic mass is 9.74. The van der Waals surface area contributed by atoms with E-state index in [1.165, 1.54) is 41.5 Å². The Hall–Kier alpha value is -2.08. The van der Waals surface area contributed by atoms with E-state index in [-0.39, 0.29) is 0 Å². The minimum atomic E-state index is 0.554. The lowest BCUT2D eigenvalue weighted by Crippen LogP contribution is -2.17. The van der Waals surface area contributed by atoms with Crippen LogP contribution in [-0.4, -0.2) is 0 Å². The maximum absolute atomic E-state index is 2.44. The van der Waals surface area contributed by atoms with Crippen molar-refractivity contribution >= 4 is 12.2 Å². The molecule has 0 spiro atoms. The summed E-state index contributed by atoms with van der Waals surface area (Å²) in [5, 5.41) is 0. The third-order valence-corrected chi connectivity index (χ3v) is 5.49. The van der Waals surface area contributed by atoms with E-state index in [2.05, 4.69) is 79.8 Å². The van der Waals surface area contributed by atoms with Crippen LogP contribution in [0.5, 0.6) is 0 Å². The van der Waals surface area contributed by atoms with Crippen molar-refractivity contribution in [1.82, 2.24) is 0 Å². The van der Waals surface area contributed by atoms with Gasteiger partial charge in [0.05, 0.1) is 0 Å². The van der Waals surface area contributed by atoms with Gasteiger partial charge in [-0.1, -0.05) is 92.6 Å². The predicted octanol–water partition coefficient (Wildman–Crippen LogP) is 6.41. The topological polar surface area (TPSA) is 0 Å². The van der Waals surface area contributed by atoms with Gasteiger partial charge in [0, 0.05) is 11.8 Å².